The molecule has 0 unspecified atom stereocenters. The lowest BCUT2D eigenvalue weighted by molar-refractivity contribution is -0.00469. The second-order valence-corrected chi connectivity index (χ2v) is 5.94. The summed E-state index contributed by atoms with van der Waals surface area (Å²) in [6.45, 7) is 12.4. The normalized spacial score (nSPS) is 11.5. The summed E-state index contributed by atoms with van der Waals surface area (Å²) in [6.07, 6.45) is -0.346. The lowest BCUT2D eigenvalue weighted by atomic mass is 10.2. The van der Waals surface area contributed by atoms with E-state index in [1.807, 2.05) is 27.7 Å². The molecule has 7 heteroatoms. The highest BCUT2D eigenvalue weighted by Crippen LogP contribution is 2.08. The van der Waals surface area contributed by atoms with Crippen molar-refractivity contribution in [2.24, 2.45) is 0 Å². The first-order valence-corrected chi connectivity index (χ1v) is 8.12. The molecule has 138 valence electrons. The molecule has 1 amide bonds. The van der Waals surface area contributed by atoms with Crippen molar-refractivity contribution < 1.29 is 28.5 Å². The Labute approximate surface area is 140 Å². The van der Waals surface area contributed by atoms with Crippen molar-refractivity contribution >= 4 is 6.09 Å². The Morgan fingerprint density at radius 3 is 1.70 bits per heavy atom. The van der Waals surface area contributed by atoms with Crippen molar-refractivity contribution in [1.82, 2.24) is 4.90 Å². The number of hydrogen-bond donors (Lipinski definition) is 0. The average Bonchev–Trinajstić information content (AvgIpc) is 2.46. The fourth-order valence-corrected chi connectivity index (χ4v) is 1.44. The van der Waals surface area contributed by atoms with E-state index >= 15 is 0 Å². The highest BCUT2D eigenvalue weighted by molar-refractivity contribution is 5.67. The van der Waals surface area contributed by atoms with Crippen LogP contribution in [0.5, 0.6) is 0 Å². The number of carbonyl (C=O) groups excluding carboxylic acids is 1. The van der Waals surface area contributed by atoms with Crippen molar-refractivity contribution in [3.63, 3.8) is 0 Å². The van der Waals surface area contributed by atoms with Gasteiger partial charge in [-0.05, 0) is 27.7 Å². The minimum absolute atomic E-state index is 0.346. The Balaban J connectivity index is 3.34. The van der Waals surface area contributed by atoms with E-state index in [-0.39, 0.29) is 6.09 Å². The summed E-state index contributed by atoms with van der Waals surface area (Å²) in [5, 5.41) is 0. The average molecular weight is 335 g/mol. The van der Waals surface area contributed by atoms with Gasteiger partial charge >= 0.3 is 6.09 Å². The predicted molar refractivity (Wildman–Crippen MR) is 87.8 cm³/mol. The van der Waals surface area contributed by atoms with Crippen LogP contribution in [0.25, 0.3) is 0 Å². The molecule has 0 aliphatic carbocycles. The zero-order valence-electron chi connectivity index (χ0n) is 15.3. The van der Waals surface area contributed by atoms with Crippen molar-refractivity contribution in [3.8, 4) is 0 Å². The van der Waals surface area contributed by atoms with Gasteiger partial charge in [0.1, 0.15) is 5.60 Å². The summed E-state index contributed by atoms with van der Waals surface area (Å²) in [4.78, 5) is 13.2. The zero-order chi connectivity index (χ0) is 17.6. The fourth-order valence-electron chi connectivity index (χ4n) is 1.44. The molecule has 0 spiro atoms. The van der Waals surface area contributed by atoms with Crippen LogP contribution in [0.4, 0.5) is 4.79 Å². The van der Waals surface area contributed by atoms with Gasteiger partial charge in [-0.15, -0.1) is 0 Å². The van der Waals surface area contributed by atoms with Crippen LogP contribution in [0.1, 0.15) is 27.7 Å². The molecule has 23 heavy (non-hydrogen) atoms. The third-order valence-electron chi connectivity index (χ3n) is 2.60. The molecular weight excluding hydrogens is 302 g/mol. The van der Waals surface area contributed by atoms with Gasteiger partial charge in [0.15, 0.2) is 0 Å². The minimum atomic E-state index is -0.481. The molecule has 0 bridgehead atoms. The summed E-state index contributed by atoms with van der Waals surface area (Å²) >= 11 is 0. The van der Waals surface area contributed by atoms with Gasteiger partial charge in [-0.25, -0.2) is 4.79 Å². The van der Waals surface area contributed by atoms with E-state index in [2.05, 4.69) is 0 Å². The third kappa shape index (κ3) is 15.8. The number of nitrogens with zero attached hydrogens (tertiary/aromatic N) is 1. The molecule has 0 rings (SSSR count). The Hall–Kier alpha value is -0.890. The summed E-state index contributed by atoms with van der Waals surface area (Å²) in [5.41, 5.74) is -0.481. The van der Waals surface area contributed by atoms with Crippen LogP contribution in [0.15, 0.2) is 0 Å². The third-order valence-corrected chi connectivity index (χ3v) is 2.60. The molecule has 0 atom stereocenters. The van der Waals surface area contributed by atoms with Gasteiger partial charge in [0, 0.05) is 20.2 Å². The maximum Gasteiger partial charge on any atom is 0.410 e. The van der Waals surface area contributed by atoms with Gasteiger partial charge < -0.3 is 28.6 Å². The van der Waals surface area contributed by atoms with E-state index in [0.717, 1.165) is 0 Å². The van der Waals surface area contributed by atoms with Crippen molar-refractivity contribution in [2.75, 3.05) is 66.4 Å². The molecule has 0 aromatic heterocycles. The van der Waals surface area contributed by atoms with E-state index in [1.165, 1.54) is 4.90 Å². The van der Waals surface area contributed by atoms with Gasteiger partial charge in [-0.2, -0.15) is 0 Å². The predicted octanol–water partition coefficient (Wildman–Crippen LogP) is 1.94. The monoisotopic (exact) mass is 335 g/mol. The topological polar surface area (TPSA) is 66.5 Å². The van der Waals surface area contributed by atoms with Gasteiger partial charge in [0.25, 0.3) is 0 Å². The van der Waals surface area contributed by atoms with Crippen LogP contribution in [-0.2, 0) is 23.7 Å². The van der Waals surface area contributed by atoms with Crippen LogP contribution < -0.4 is 0 Å². The van der Waals surface area contributed by atoms with E-state index in [9.17, 15) is 4.79 Å². The molecule has 0 aromatic carbocycles. The second kappa shape index (κ2) is 13.5. The quantitative estimate of drug-likeness (QED) is 0.479. The SMILES string of the molecule is CCOCCOCCOCCOCCN(C)C(=O)OC(C)(C)C. The number of carbonyl (C=O) groups is 1. The van der Waals surface area contributed by atoms with Crippen molar-refractivity contribution in [3.05, 3.63) is 0 Å². The molecular formula is C16H33NO6. The number of amides is 1. The van der Waals surface area contributed by atoms with Gasteiger partial charge in [-0.3, -0.25) is 0 Å². The number of hydrogen-bond acceptors (Lipinski definition) is 6. The molecule has 0 radical (unpaired) electrons. The van der Waals surface area contributed by atoms with Crippen LogP contribution in [0.2, 0.25) is 0 Å². The fraction of sp³-hybridized carbons (Fsp3) is 0.938. The summed E-state index contributed by atoms with van der Waals surface area (Å²) in [5.74, 6) is 0. The lowest BCUT2D eigenvalue weighted by Crippen LogP contribution is -2.36. The van der Waals surface area contributed by atoms with Crippen LogP contribution in [-0.4, -0.2) is 83.0 Å². The van der Waals surface area contributed by atoms with Crippen LogP contribution in [0.3, 0.4) is 0 Å². The highest BCUT2D eigenvalue weighted by Gasteiger charge is 2.19. The molecule has 0 saturated carbocycles. The molecule has 0 aliphatic heterocycles. The molecule has 0 aliphatic rings. The van der Waals surface area contributed by atoms with Gasteiger partial charge in [0.2, 0.25) is 0 Å². The van der Waals surface area contributed by atoms with E-state index in [0.29, 0.717) is 59.4 Å². The largest absolute Gasteiger partial charge is 0.444 e. The second-order valence-electron chi connectivity index (χ2n) is 5.94. The maximum absolute atomic E-state index is 11.7. The van der Waals surface area contributed by atoms with E-state index in [4.69, 9.17) is 23.7 Å². The Kier molecular flexibility index (Phi) is 13.0. The Morgan fingerprint density at radius 1 is 0.826 bits per heavy atom. The van der Waals surface area contributed by atoms with E-state index < -0.39 is 5.60 Å². The lowest BCUT2D eigenvalue weighted by Gasteiger charge is -2.24. The standard InChI is InChI=1S/C16H33NO6/c1-6-19-9-10-21-13-14-22-12-11-20-8-7-17(5)15(18)23-16(2,3)4/h6-14H2,1-5H3. The summed E-state index contributed by atoms with van der Waals surface area (Å²) in [6, 6.07) is 0. The van der Waals surface area contributed by atoms with Gasteiger partial charge in [-0.1, -0.05) is 0 Å². The van der Waals surface area contributed by atoms with Gasteiger partial charge in [0.05, 0.1) is 46.2 Å². The Morgan fingerprint density at radius 2 is 1.26 bits per heavy atom. The molecule has 0 saturated heterocycles. The number of rotatable bonds is 13. The van der Waals surface area contributed by atoms with Crippen LogP contribution in [0, 0.1) is 0 Å². The first-order valence-electron chi connectivity index (χ1n) is 8.12. The highest BCUT2D eigenvalue weighted by atomic mass is 16.6. The maximum atomic E-state index is 11.7. The number of likely N-dealkylation sites (N-methyl/N-ethyl adjacent to an activating group) is 1. The summed E-state index contributed by atoms with van der Waals surface area (Å²) < 4.78 is 26.5. The molecule has 0 fully saturated rings. The molecule has 7 nitrogen and oxygen atoms in total. The van der Waals surface area contributed by atoms with Crippen LogP contribution >= 0.6 is 0 Å². The molecule has 0 N–H and O–H groups in total. The first-order chi connectivity index (χ1) is 10.9. The summed E-state index contributed by atoms with van der Waals surface area (Å²) in [7, 11) is 1.69. The van der Waals surface area contributed by atoms with E-state index in [1.54, 1.807) is 7.05 Å². The zero-order valence-corrected chi connectivity index (χ0v) is 15.3. The molecule has 0 heterocycles. The smallest absolute Gasteiger partial charge is 0.410 e. The first kappa shape index (κ1) is 22.1. The Bertz CT molecular complexity index is 293. The van der Waals surface area contributed by atoms with Crippen molar-refractivity contribution in [1.29, 1.82) is 0 Å². The van der Waals surface area contributed by atoms with Crippen molar-refractivity contribution in [2.45, 2.75) is 33.3 Å². The number of ether oxygens (including phenoxy) is 5. The molecule has 0 aromatic rings. The minimum Gasteiger partial charge on any atom is -0.444 e.